The third-order valence-electron chi connectivity index (χ3n) is 4.21. The first-order valence-electron chi connectivity index (χ1n) is 7.62. The highest BCUT2D eigenvalue weighted by molar-refractivity contribution is 6.01. The zero-order chi connectivity index (χ0) is 16.7. The van der Waals surface area contributed by atoms with Crippen LogP contribution in [0, 0.1) is 5.82 Å². The summed E-state index contributed by atoms with van der Waals surface area (Å²) in [6.07, 6.45) is -0.387. The van der Waals surface area contributed by atoms with E-state index in [0.717, 1.165) is 11.3 Å². The molecule has 0 unspecified atom stereocenters. The number of nitrogens with one attached hydrogen (secondary N) is 1. The predicted octanol–water partition coefficient (Wildman–Crippen LogP) is 3.96. The normalized spacial score (nSPS) is 16.7. The molecule has 1 aliphatic rings. The quantitative estimate of drug-likeness (QED) is 0.776. The van der Waals surface area contributed by atoms with Gasteiger partial charge in [-0.3, -0.25) is 4.79 Å². The average Bonchev–Trinajstić information content (AvgIpc) is 3.08. The van der Waals surface area contributed by atoms with Crippen LogP contribution in [0.2, 0.25) is 0 Å². The van der Waals surface area contributed by atoms with Gasteiger partial charge in [-0.1, -0.05) is 12.1 Å². The first-order chi connectivity index (χ1) is 11.6. The Kier molecular flexibility index (Phi) is 3.34. The minimum atomic E-state index is -0.387. The van der Waals surface area contributed by atoms with Crippen LogP contribution in [0.15, 0.2) is 65.1 Å². The summed E-state index contributed by atoms with van der Waals surface area (Å²) in [5.41, 5.74) is 2.28. The van der Waals surface area contributed by atoms with E-state index in [1.165, 1.54) is 12.1 Å². The van der Waals surface area contributed by atoms with Crippen LogP contribution in [0.25, 0.3) is 11.3 Å². The smallest absolute Gasteiger partial charge is 0.255 e. The molecule has 0 aliphatic carbocycles. The van der Waals surface area contributed by atoms with Crippen molar-refractivity contribution in [3.05, 3.63) is 77.8 Å². The van der Waals surface area contributed by atoms with Crippen LogP contribution in [0.3, 0.4) is 0 Å². The number of carbonyl (C=O) groups excluding carboxylic acids is 1. The minimum Gasteiger partial charge on any atom is -0.457 e. The third-order valence-corrected chi connectivity index (χ3v) is 4.21. The molecule has 24 heavy (non-hydrogen) atoms. The Bertz CT molecular complexity index is 902. The molecule has 3 aromatic rings. The minimum absolute atomic E-state index is 0.131. The van der Waals surface area contributed by atoms with Crippen LogP contribution in [-0.4, -0.2) is 13.0 Å². The highest BCUT2D eigenvalue weighted by Gasteiger charge is 2.31. The van der Waals surface area contributed by atoms with E-state index >= 15 is 0 Å². The Morgan fingerprint density at radius 2 is 1.79 bits per heavy atom. The lowest BCUT2D eigenvalue weighted by Crippen LogP contribution is -2.44. The molecule has 0 radical (unpaired) electrons. The maximum absolute atomic E-state index is 13.0. The van der Waals surface area contributed by atoms with Crippen LogP contribution in [0.1, 0.15) is 22.3 Å². The van der Waals surface area contributed by atoms with Crippen molar-refractivity contribution < 1.29 is 13.6 Å². The molecule has 120 valence electrons. The summed E-state index contributed by atoms with van der Waals surface area (Å²) < 4.78 is 19.0. The highest BCUT2D eigenvalue weighted by Crippen LogP contribution is 2.33. The molecule has 0 saturated carbocycles. The van der Waals surface area contributed by atoms with Crippen molar-refractivity contribution in [2.75, 3.05) is 11.9 Å². The molecule has 2 heterocycles. The summed E-state index contributed by atoms with van der Waals surface area (Å²) in [6.45, 7) is 0. The molecule has 2 aromatic carbocycles. The number of carbonyl (C=O) groups is 1. The topological polar surface area (TPSA) is 45.5 Å². The average molecular weight is 322 g/mol. The van der Waals surface area contributed by atoms with Crippen LogP contribution >= 0.6 is 0 Å². The van der Waals surface area contributed by atoms with Gasteiger partial charge in [0.1, 0.15) is 17.3 Å². The number of rotatable bonds is 2. The Balaban J connectivity index is 1.68. The molecule has 4 rings (SSSR count). The summed E-state index contributed by atoms with van der Waals surface area (Å²) >= 11 is 0. The van der Waals surface area contributed by atoms with E-state index in [-0.39, 0.29) is 17.9 Å². The number of amides is 1. The number of halogens is 1. The Morgan fingerprint density at radius 1 is 1.04 bits per heavy atom. The number of para-hydroxylation sites is 1. The van der Waals surface area contributed by atoms with Crippen molar-refractivity contribution in [2.45, 2.75) is 6.17 Å². The molecule has 0 bridgehead atoms. The van der Waals surface area contributed by atoms with Crippen molar-refractivity contribution in [1.29, 1.82) is 0 Å². The molecule has 1 aliphatic heterocycles. The summed E-state index contributed by atoms with van der Waals surface area (Å²) in [4.78, 5) is 14.3. The fraction of sp³-hybridized carbons (Fsp3) is 0.105. The zero-order valence-electron chi connectivity index (χ0n) is 13.0. The van der Waals surface area contributed by atoms with Crippen molar-refractivity contribution >= 4 is 11.6 Å². The molecule has 5 heteroatoms. The first-order valence-corrected chi connectivity index (χ1v) is 7.62. The number of anilines is 1. The van der Waals surface area contributed by atoms with Gasteiger partial charge in [0.15, 0.2) is 6.17 Å². The van der Waals surface area contributed by atoms with Crippen LogP contribution in [0.5, 0.6) is 0 Å². The molecule has 0 spiro atoms. The van der Waals surface area contributed by atoms with Gasteiger partial charge in [0, 0.05) is 12.6 Å². The van der Waals surface area contributed by atoms with Gasteiger partial charge in [-0.25, -0.2) is 4.39 Å². The zero-order valence-corrected chi connectivity index (χ0v) is 13.0. The number of hydrogen-bond acceptors (Lipinski definition) is 3. The number of fused-ring (bicyclic) bond motifs is 1. The second kappa shape index (κ2) is 5.53. The van der Waals surface area contributed by atoms with Crippen molar-refractivity contribution in [2.24, 2.45) is 0 Å². The van der Waals surface area contributed by atoms with Gasteiger partial charge in [0.05, 0.1) is 11.3 Å². The third kappa shape index (κ3) is 2.34. The fourth-order valence-electron chi connectivity index (χ4n) is 2.94. The monoisotopic (exact) mass is 322 g/mol. The van der Waals surface area contributed by atoms with E-state index < -0.39 is 0 Å². The van der Waals surface area contributed by atoms with Crippen molar-refractivity contribution in [3.63, 3.8) is 0 Å². The van der Waals surface area contributed by atoms with E-state index in [0.29, 0.717) is 17.1 Å². The van der Waals surface area contributed by atoms with E-state index in [4.69, 9.17) is 4.42 Å². The van der Waals surface area contributed by atoms with Gasteiger partial charge in [0.2, 0.25) is 0 Å². The van der Waals surface area contributed by atoms with Crippen molar-refractivity contribution in [3.8, 4) is 11.3 Å². The Labute approximate surface area is 138 Å². The van der Waals surface area contributed by atoms with E-state index in [1.54, 1.807) is 18.2 Å². The molecule has 1 atom stereocenters. The molecule has 1 aromatic heterocycles. The Hall–Kier alpha value is -3.08. The molecular formula is C19H15FN2O2. The first kappa shape index (κ1) is 14.5. The van der Waals surface area contributed by atoms with Gasteiger partial charge < -0.3 is 14.6 Å². The number of nitrogens with zero attached hydrogens (tertiary/aromatic N) is 1. The van der Waals surface area contributed by atoms with Crippen LogP contribution in [0.4, 0.5) is 10.1 Å². The largest absolute Gasteiger partial charge is 0.457 e. The second-order valence-electron chi connectivity index (χ2n) is 5.71. The lowest BCUT2D eigenvalue weighted by atomic mass is 10.1. The van der Waals surface area contributed by atoms with Gasteiger partial charge in [-0.05, 0) is 48.5 Å². The van der Waals surface area contributed by atoms with Crippen LogP contribution < -0.4 is 10.2 Å². The molecular weight excluding hydrogens is 307 g/mol. The maximum atomic E-state index is 13.0. The van der Waals surface area contributed by atoms with E-state index in [2.05, 4.69) is 5.32 Å². The Morgan fingerprint density at radius 3 is 2.58 bits per heavy atom. The highest BCUT2D eigenvalue weighted by atomic mass is 19.1. The summed E-state index contributed by atoms with van der Waals surface area (Å²) in [5.74, 6) is 0.834. The molecule has 4 nitrogen and oxygen atoms in total. The van der Waals surface area contributed by atoms with E-state index in [1.807, 2.05) is 42.3 Å². The van der Waals surface area contributed by atoms with Gasteiger partial charge >= 0.3 is 0 Å². The maximum Gasteiger partial charge on any atom is 0.255 e. The number of benzene rings is 2. The molecule has 0 fully saturated rings. The molecule has 1 N–H and O–H groups in total. The van der Waals surface area contributed by atoms with Gasteiger partial charge in [-0.2, -0.15) is 0 Å². The fourth-order valence-corrected chi connectivity index (χ4v) is 2.94. The van der Waals surface area contributed by atoms with Gasteiger partial charge in [0.25, 0.3) is 5.91 Å². The van der Waals surface area contributed by atoms with Gasteiger partial charge in [-0.15, -0.1) is 0 Å². The van der Waals surface area contributed by atoms with Crippen LogP contribution in [-0.2, 0) is 0 Å². The summed E-state index contributed by atoms with van der Waals surface area (Å²) in [7, 11) is 1.91. The molecule has 0 saturated heterocycles. The standard InChI is InChI=1S/C19H15FN2O2/c1-22-15-5-3-2-4-14(15)19(23)21-18(22)17-11-10-16(24-17)12-6-8-13(20)9-7-12/h2-11,18H,1H3,(H,21,23)/t18-/m0/s1. The van der Waals surface area contributed by atoms with E-state index in [9.17, 15) is 9.18 Å². The lowest BCUT2D eigenvalue weighted by Gasteiger charge is -2.34. The lowest BCUT2D eigenvalue weighted by molar-refractivity contribution is 0.0922. The summed E-state index contributed by atoms with van der Waals surface area (Å²) in [5, 5.41) is 2.95. The van der Waals surface area contributed by atoms with Crippen molar-refractivity contribution in [1.82, 2.24) is 5.32 Å². The SMILES string of the molecule is CN1c2ccccc2C(=O)N[C@@H]1c1ccc(-c2ccc(F)cc2)o1. The second-order valence-corrected chi connectivity index (χ2v) is 5.71. The number of furan rings is 1. The number of hydrogen-bond donors (Lipinski definition) is 1. The summed E-state index contributed by atoms with van der Waals surface area (Å²) in [6, 6.07) is 17.2. The predicted molar refractivity (Wildman–Crippen MR) is 89.2 cm³/mol. The molecule has 1 amide bonds.